The van der Waals surface area contributed by atoms with Crippen molar-refractivity contribution in [2.24, 2.45) is 0 Å². The molecule has 0 unspecified atom stereocenters. The lowest BCUT2D eigenvalue weighted by Gasteiger charge is -2.33. The molecule has 3 aromatic carbocycles. The minimum atomic E-state index is -0.197. The zero-order valence-corrected chi connectivity index (χ0v) is 19.9. The molecular weight excluding hydrogens is 469 g/mol. The molecule has 2 heterocycles. The smallest absolute Gasteiger partial charge is 0.253 e. The SMILES string of the molecule is O=C(NC1CCN(c2ncnc3cc(Nc4ccccc4)ccc23)CC1)c1cccc(Cl)c1Cl. The van der Waals surface area contributed by atoms with Crippen molar-refractivity contribution in [2.45, 2.75) is 18.9 Å². The summed E-state index contributed by atoms with van der Waals surface area (Å²) >= 11 is 12.3. The zero-order valence-electron chi connectivity index (χ0n) is 18.3. The first-order valence-corrected chi connectivity index (χ1v) is 11.9. The van der Waals surface area contributed by atoms with Crippen LogP contribution in [0.15, 0.2) is 73.1 Å². The van der Waals surface area contributed by atoms with Gasteiger partial charge in [0, 0.05) is 35.9 Å². The molecule has 0 radical (unpaired) electrons. The molecule has 8 heteroatoms. The molecule has 1 aliphatic heterocycles. The van der Waals surface area contributed by atoms with Crippen LogP contribution in [0.1, 0.15) is 23.2 Å². The monoisotopic (exact) mass is 491 g/mol. The predicted molar refractivity (Wildman–Crippen MR) is 138 cm³/mol. The summed E-state index contributed by atoms with van der Waals surface area (Å²) in [5, 5.41) is 8.17. The molecule has 0 spiro atoms. The van der Waals surface area contributed by atoms with E-state index in [1.165, 1.54) is 0 Å². The summed E-state index contributed by atoms with van der Waals surface area (Å²) in [5.41, 5.74) is 3.29. The second-order valence-electron chi connectivity index (χ2n) is 8.26. The normalized spacial score (nSPS) is 14.2. The highest BCUT2D eigenvalue weighted by atomic mass is 35.5. The Morgan fingerprint density at radius 2 is 1.71 bits per heavy atom. The van der Waals surface area contributed by atoms with Gasteiger partial charge in [0.05, 0.1) is 21.1 Å². The Morgan fingerprint density at radius 3 is 2.50 bits per heavy atom. The highest BCUT2D eigenvalue weighted by Crippen LogP contribution is 2.29. The molecule has 34 heavy (non-hydrogen) atoms. The number of fused-ring (bicyclic) bond motifs is 1. The van der Waals surface area contributed by atoms with Gasteiger partial charge in [0.2, 0.25) is 0 Å². The second kappa shape index (κ2) is 9.87. The van der Waals surface area contributed by atoms with Gasteiger partial charge in [-0.1, -0.05) is 47.5 Å². The number of carbonyl (C=O) groups excluding carboxylic acids is 1. The van der Waals surface area contributed by atoms with Crippen molar-refractivity contribution >= 4 is 57.2 Å². The van der Waals surface area contributed by atoms with Crippen LogP contribution in [0.2, 0.25) is 10.0 Å². The van der Waals surface area contributed by atoms with E-state index in [1.807, 2.05) is 42.5 Å². The molecule has 1 aromatic heterocycles. The van der Waals surface area contributed by atoms with Gasteiger partial charge >= 0.3 is 0 Å². The molecular formula is C26H23Cl2N5O. The number of nitrogens with zero attached hydrogens (tertiary/aromatic N) is 3. The van der Waals surface area contributed by atoms with Gasteiger partial charge in [-0.2, -0.15) is 0 Å². The zero-order chi connectivity index (χ0) is 23.5. The first-order valence-electron chi connectivity index (χ1n) is 11.1. The average molecular weight is 492 g/mol. The number of halogens is 2. The average Bonchev–Trinajstić information content (AvgIpc) is 2.86. The fourth-order valence-electron chi connectivity index (χ4n) is 4.24. The second-order valence-corrected chi connectivity index (χ2v) is 9.04. The van der Waals surface area contributed by atoms with Gasteiger partial charge < -0.3 is 15.5 Å². The summed E-state index contributed by atoms with van der Waals surface area (Å²) in [5.74, 6) is 0.718. The minimum Gasteiger partial charge on any atom is -0.356 e. The fourth-order valence-corrected chi connectivity index (χ4v) is 4.63. The lowest BCUT2D eigenvalue weighted by molar-refractivity contribution is 0.0931. The topological polar surface area (TPSA) is 70.2 Å². The molecule has 2 N–H and O–H groups in total. The van der Waals surface area contributed by atoms with Crippen molar-refractivity contribution in [3.8, 4) is 0 Å². The van der Waals surface area contributed by atoms with Crippen LogP contribution in [-0.2, 0) is 0 Å². The summed E-state index contributed by atoms with van der Waals surface area (Å²) in [7, 11) is 0. The van der Waals surface area contributed by atoms with E-state index in [0.717, 1.165) is 54.0 Å². The van der Waals surface area contributed by atoms with E-state index >= 15 is 0 Å². The first kappa shape index (κ1) is 22.4. The van der Waals surface area contributed by atoms with E-state index < -0.39 is 0 Å². The van der Waals surface area contributed by atoms with E-state index in [9.17, 15) is 4.79 Å². The third-order valence-electron chi connectivity index (χ3n) is 6.00. The summed E-state index contributed by atoms with van der Waals surface area (Å²) < 4.78 is 0. The first-order chi connectivity index (χ1) is 16.6. The fraction of sp³-hybridized carbons (Fsp3) is 0.192. The van der Waals surface area contributed by atoms with E-state index in [2.05, 4.69) is 31.6 Å². The minimum absolute atomic E-state index is 0.0635. The van der Waals surface area contributed by atoms with Crippen LogP contribution in [0.4, 0.5) is 17.2 Å². The van der Waals surface area contributed by atoms with Crippen LogP contribution in [0, 0.1) is 0 Å². The van der Waals surface area contributed by atoms with Crippen molar-refractivity contribution in [1.29, 1.82) is 0 Å². The van der Waals surface area contributed by atoms with Gasteiger partial charge in [0.15, 0.2) is 0 Å². The number of piperidine rings is 1. The molecule has 0 atom stereocenters. The van der Waals surface area contributed by atoms with Crippen molar-refractivity contribution in [3.63, 3.8) is 0 Å². The number of aromatic nitrogens is 2. The molecule has 1 amide bonds. The molecule has 1 saturated heterocycles. The summed E-state index contributed by atoms with van der Waals surface area (Å²) in [6.45, 7) is 1.56. The van der Waals surface area contributed by atoms with Crippen LogP contribution in [0.5, 0.6) is 0 Å². The third-order valence-corrected chi connectivity index (χ3v) is 6.82. The van der Waals surface area contributed by atoms with Crippen LogP contribution in [-0.4, -0.2) is 35.0 Å². The van der Waals surface area contributed by atoms with Crippen LogP contribution < -0.4 is 15.5 Å². The number of anilines is 3. The summed E-state index contributed by atoms with van der Waals surface area (Å²) in [6.07, 6.45) is 3.23. The Balaban J connectivity index is 1.26. The third kappa shape index (κ3) is 4.79. The number of hydrogen-bond acceptors (Lipinski definition) is 5. The van der Waals surface area contributed by atoms with Gasteiger partial charge in [-0.05, 0) is 55.3 Å². The van der Waals surface area contributed by atoms with E-state index in [1.54, 1.807) is 24.5 Å². The molecule has 1 fully saturated rings. The number of carbonyl (C=O) groups is 1. The number of hydrogen-bond donors (Lipinski definition) is 2. The Bertz CT molecular complexity index is 1320. The summed E-state index contributed by atoms with van der Waals surface area (Å²) in [4.78, 5) is 24.0. The van der Waals surface area contributed by atoms with Gasteiger partial charge in [-0.25, -0.2) is 9.97 Å². The molecule has 0 bridgehead atoms. The van der Waals surface area contributed by atoms with Gasteiger partial charge in [0.25, 0.3) is 5.91 Å². The van der Waals surface area contributed by atoms with Gasteiger partial charge in [-0.15, -0.1) is 0 Å². The predicted octanol–water partition coefficient (Wildman–Crippen LogP) is 6.08. The van der Waals surface area contributed by atoms with E-state index in [4.69, 9.17) is 23.2 Å². The Labute approximate surface area is 207 Å². The number of rotatable bonds is 5. The van der Waals surface area contributed by atoms with Crippen molar-refractivity contribution in [3.05, 3.63) is 88.7 Å². The Hall–Kier alpha value is -3.35. The van der Waals surface area contributed by atoms with Crippen LogP contribution in [0.25, 0.3) is 10.9 Å². The number of nitrogens with one attached hydrogen (secondary N) is 2. The highest BCUT2D eigenvalue weighted by molar-refractivity contribution is 6.43. The molecule has 0 aliphatic carbocycles. The van der Waals surface area contributed by atoms with Gasteiger partial charge in [0.1, 0.15) is 12.1 Å². The van der Waals surface area contributed by atoms with Crippen molar-refractivity contribution < 1.29 is 4.79 Å². The molecule has 5 rings (SSSR count). The molecule has 4 aromatic rings. The quantitative estimate of drug-likeness (QED) is 0.354. The number of benzene rings is 3. The van der Waals surface area contributed by atoms with Crippen LogP contribution in [0.3, 0.4) is 0 Å². The maximum atomic E-state index is 12.7. The van der Waals surface area contributed by atoms with Crippen molar-refractivity contribution in [1.82, 2.24) is 15.3 Å². The lowest BCUT2D eigenvalue weighted by Crippen LogP contribution is -2.45. The maximum absolute atomic E-state index is 12.7. The van der Waals surface area contributed by atoms with E-state index in [0.29, 0.717) is 10.6 Å². The molecule has 1 aliphatic rings. The van der Waals surface area contributed by atoms with Crippen LogP contribution >= 0.6 is 23.2 Å². The molecule has 0 saturated carbocycles. The standard InChI is InChI=1S/C26H23Cl2N5O/c27-22-8-4-7-21(24(22)28)26(34)32-18-11-13-33(14-12-18)25-20-10-9-19(15-23(20)29-16-30-25)31-17-5-2-1-3-6-17/h1-10,15-16,18,31H,11-14H2,(H,32,34). The maximum Gasteiger partial charge on any atom is 0.253 e. The summed E-state index contributed by atoms with van der Waals surface area (Å²) in [6, 6.07) is 21.3. The van der Waals surface area contributed by atoms with Gasteiger partial charge in [-0.3, -0.25) is 4.79 Å². The Kier molecular flexibility index (Phi) is 6.52. The number of amides is 1. The highest BCUT2D eigenvalue weighted by Gasteiger charge is 2.24. The lowest BCUT2D eigenvalue weighted by atomic mass is 10.0. The Morgan fingerprint density at radius 1 is 0.912 bits per heavy atom. The molecule has 6 nitrogen and oxygen atoms in total. The molecule has 172 valence electrons. The van der Waals surface area contributed by atoms with E-state index in [-0.39, 0.29) is 17.0 Å². The largest absolute Gasteiger partial charge is 0.356 e. The number of para-hydroxylation sites is 1. The van der Waals surface area contributed by atoms with Crippen molar-refractivity contribution in [2.75, 3.05) is 23.3 Å².